The fraction of sp³-hybridized carbons (Fsp3) is 0.125. The van der Waals surface area contributed by atoms with Crippen LogP contribution in [-0.2, 0) is 0 Å². The lowest BCUT2D eigenvalue weighted by Crippen LogP contribution is -1.91. The maximum absolute atomic E-state index is 13.1. The average Bonchev–Trinajstić information content (AvgIpc) is 2.46. The average molecular weight is 278 g/mol. The summed E-state index contributed by atoms with van der Waals surface area (Å²) in [6.45, 7) is 0. The minimum Gasteiger partial charge on any atom is -0.497 e. The van der Waals surface area contributed by atoms with Gasteiger partial charge < -0.3 is 4.74 Å². The summed E-state index contributed by atoms with van der Waals surface area (Å²) < 4.78 is 43.3. The lowest BCUT2D eigenvalue weighted by molar-refractivity contribution is 0.146. The Hall–Kier alpha value is -2.23. The predicted octanol–water partition coefficient (Wildman–Crippen LogP) is 4.94. The number of alkyl halides is 2. The molecule has 0 heterocycles. The van der Waals surface area contributed by atoms with E-state index < -0.39 is 17.8 Å². The van der Waals surface area contributed by atoms with E-state index in [1.54, 1.807) is 31.4 Å². The van der Waals surface area contributed by atoms with Crippen molar-refractivity contribution in [2.24, 2.45) is 0 Å². The summed E-state index contributed by atoms with van der Waals surface area (Å²) >= 11 is 0. The highest BCUT2D eigenvalue weighted by Crippen LogP contribution is 2.24. The second kappa shape index (κ2) is 6.28. The maximum Gasteiger partial charge on any atom is 0.266 e. The number of halogens is 3. The van der Waals surface area contributed by atoms with Crippen LogP contribution in [0.5, 0.6) is 5.75 Å². The molecule has 0 atom stereocenters. The fourth-order valence-electron chi connectivity index (χ4n) is 1.74. The van der Waals surface area contributed by atoms with Crippen LogP contribution < -0.4 is 4.74 Å². The molecule has 20 heavy (non-hydrogen) atoms. The highest BCUT2D eigenvalue weighted by molar-refractivity contribution is 5.70. The van der Waals surface area contributed by atoms with E-state index in [1.165, 1.54) is 6.07 Å². The van der Waals surface area contributed by atoms with Gasteiger partial charge in [-0.2, -0.15) is 0 Å². The molecule has 0 aliphatic heterocycles. The van der Waals surface area contributed by atoms with Crippen LogP contribution in [0.2, 0.25) is 0 Å². The van der Waals surface area contributed by atoms with Gasteiger partial charge in [-0.05, 0) is 35.4 Å². The van der Waals surface area contributed by atoms with Crippen LogP contribution in [0.1, 0.15) is 23.1 Å². The van der Waals surface area contributed by atoms with Gasteiger partial charge >= 0.3 is 0 Å². The van der Waals surface area contributed by atoms with Gasteiger partial charge in [0.2, 0.25) is 0 Å². The highest BCUT2D eigenvalue weighted by Gasteiger charge is 2.12. The van der Waals surface area contributed by atoms with E-state index >= 15 is 0 Å². The van der Waals surface area contributed by atoms with Crippen LogP contribution in [0.25, 0.3) is 12.2 Å². The highest BCUT2D eigenvalue weighted by atomic mass is 19.3. The van der Waals surface area contributed by atoms with Crippen molar-refractivity contribution in [3.05, 3.63) is 65.0 Å². The molecular weight excluding hydrogens is 265 g/mol. The van der Waals surface area contributed by atoms with Crippen LogP contribution in [0, 0.1) is 5.82 Å². The number of hydrogen-bond donors (Lipinski definition) is 0. The van der Waals surface area contributed by atoms with E-state index in [4.69, 9.17) is 4.74 Å². The number of rotatable bonds is 4. The van der Waals surface area contributed by atoms with Gasteiger partial charge in [0.1, 0.15) is 11.6 Å². The molecule has 0 fully saturated rings. The molecule has 0 unspecified atom stereocenters. The lowest BCUT2D eigenvalue weighted by Gasteiger charge is -2.03. The largest absolute Gasteiger partial charge is 0.497 e. The summed E-state index contributed by atoms with van der Waals surface area (Å²) in [5, 5.41) is 0. The first-order chi connectivity index (χ1) is 9.60. The second-order valence-electron chi connectivity index (χ2n) is 4.19. The quantitative estimate of drug-likeness (QED) is 0.719. The monoisotopic (exact) mass is 278 g/mol. The van der Waals surface area contributed by atoms with Gasteiger partial charge in [-0.15, -0.1) is 0 Å². The Morgan fingerprint density at radius 1 is 0.950 bits per heavy atom. The summed E-state index contributed by atoms with van der Waals surface area (Å²) in [6, 6.07) is 10.9. The van der Waals surface area contributed by atoms with Crippen molar-refractivity contribution in [1.82, 2.24) is 0 Å². The van der Waals surface area contributed by atoms with Gasteiger partial charge in [-0.3, -0.25) is 0 Å². The van der Waals surface area contributed by atoms with Crippen molar-refractivity contribution in [2.45, 2.75) is 6.43 Å². The van der Waals surface area contributed by atoms with Crippen molar-refractivity contribution < 1.29 is 17.9 Å². The molecule has 2 aromatic carbocycles. The number of benzene rings is 2. The summed E-state index contributed by atoms with van der Waals surface area (Å²) in [6.07, 6.45) is 0.610. The fourth-order valence-corrected chi connectivity index (χ4v) is 1.74. The van der Waals surface area contributed by atoms with Gasteiger partial charge in [-0.25, -0.2) is 13.2 Å². The van der Waals surface area contributed by atoms with Crippen molar-refractivity contribution >= 4 is 12.2 Å². The molecule has 2 aromatic rings. The molecule has 1 nitrogen and oxygen atoms in total. The molecule has 104 valence electrons. The maximum atomic E-state index is 13.1. The van der Waals surface area contributed by atoms with E-state index in [-0.39, 0.29) is 0 Å². The number of methoxy groups -OCH3 is 1. The standard InChI is InChI=1S/C16H13F3O/c1-20-13-7-4-11(5-8-13)2-3-12-6-9-15(17)14(10-12)16(18)19/h2-10,16H,1H3/b3-2+. The van der Waals surface area contributed by atoms with Crippen LogP contribution in [0.3, 0.4) is 0 Å². The summed E-state index contributed by atoms with van der Waals surface area (Å²) in [7, 11) is 1.58. The van der Waals surface area contributed by atoms with E-state index in [2.05, 4.69) is 0 Å². The third-order valence-electron chi connectivity index (χ3n) is 2.84. The van der Waals surface area contributed by atoms with Gasteiger partial charge in [0.25, 0.3) is 6.43 Å². The molecule has 4 heteroatoms. The number of ether oxygens (including phenoxy) is 1. The minimum absolute atomic E-state index is 0.525. The molecule has 0 amide bonds. The Bertz CT molecular complexity index is 604. The summed E-state index contributed by atoms with van der Waals surface area (Å²) in [5.41, 5.74) is 0.841. The molecule has 0 bridgehead atoms. The van der Waals surface area contributed by atoms with Crippen LogP contribution in [-0.4, -0.2) is 7.11 Å². The SMILES string of the molecule is COc1ccc(/C=C/c2ccc(F)c(C(F)F)c2)cc1. The molecule has 0 aromatic heterocycles. The van der Waals surface area contributed by atoms with Crippen LogP contribution in [0.15, 0.2) is 42.5 Å². The predicted molar refractivity (Wildman–Crippen MR) is 73.3 cm³/mol. The van der Waals surface area contributed by atoms with Crippen LogP contribution >= 0.6 is 0 Å². The third kappa shape index (κ3) is 3.41. The van der Waals surface area contributed by atoms with Crippen molar-refractivity contribution in [3.63, 3.8) is 0 Å². The first kappa shape index (κ1) is 14.2. The lowest BCUT2D eigenvalue weighted by atomic mass is 10.1. The molecule has 0 saturated carbocycles. The molecule has 0 saturated heterocycles. The summed E-state index contributed by atoms with van der Waals surface area (Å²) in [5.74, 6) is -0.148. The van der Waals surface area contributed by atoms with Crippen LogP contribution in [0.4, 0.5) is 13.2 Å². The zero-order valence-electron chi connectivity index (χ0n) is 10.8. The summed E-state index contributed by atoms with van der Waals surface area (Å²) in [4.78, 5) is 0. The first-order valence-electron chi connectivity index (χ1n) is 6.00. The number of hydrogen-bond acceptors (Lipinski definition) is 1. The Balaban J connectivity index is 2.20. The van der Waals surface area contributed by atoms with Crippen molar-refractivity contribution in [3.8, 4) is 5.75 Å². The Kier molecular flexibility index (Phi) is 4.45. The molecule has 0 spiro atoms. The van der Waals surface area contributed by atoms with E-state index in [9.17, 15) is 13.2 Å². The third-order valence-corrected chi connectivity index (χ3v) is 2.84. The molecule has 0 aliphatic rings. The molecule has 0 radical (unpaired) electrons. The van der Waals surface area contributed by atoms with Crippen molar-refractivity contribution in [2.75, 3.05) is 7.11 Å². The van der Waals surface area contributed by atoms with E-state index in [1.807, 2.05) is 12.1 Å². The smallest absolute Gasteiger partial charge is 0.266 e. The zero-order chi connectivity index (χ0) is 14.5. The Morgan fingerprint density at radius 2 is 1.55 bits per heavy atom. The van der Waals surface area contributed by atoms with Gasteiger partial charge in [0.05, 0.1) is 12.7 Å². The van der Waals surface area contributed by atoms with E-state index in [0.717, 1.165) is 23.4 Å². The topological polar surface area (TPSA) is 9.23 Å². The minimum atomic E-state index is -2.82. The van der Waals surface area contributed by atoms with Crippen molar-refractivity contribution in [1.29, 1.82) is 0 Å². The van der Waals surface area contributed by atoms with E-state index in [0.29, 0.717) is 5.56 Å². The normalized spacial score (nSPS) is 11.2. The zero-order valence-corrected chi connectivity index (χ0v) is 10.8. The first-order valence-corrected chi connectivity index (χ1v) is 6.00. The van der Waals surface area contributed by atoms with Gasteiger partial charge in [0, 0.05) is 0 Å². The molecule has 2 rings (SSSR count). The molecular formula is C16H13F3O. The Labute approximate surface area is 115 Å². The van der Waals surface area contributed by atoms with Gasteiger partial charge in [0.15, 0.2) is 0 Å². The second-order valence-corrected chi connectivity index (χ2v) is 4.19. The molecule has 0 N–H and O–H groups in total. The Morgan fingerprint density at radius 3 is 2.15 bits per heavy atom. The molecule has 0 aliphatic carbocycles. The van der Waals surface area contributed by atoms with Gasteiger partial charge in [-0.1, -0.05) is 30.4 Å².